The minimum atomic E-state index is 0.723. The zero-order chi connectivity index (χ0) is 14.9. The maximum Gasteiger partial charge on any atom is 0.191 e. The van der Waals surface area contributed by atoms with Crippen molar-refractivity contribution in [2.75, 3.05) is 33.2 Å². The largest absolute Gasteiger partial charge is 0.357 e. The maximum absolute atomic E-state index is 4.67. The van der Waals surface area contributed by atoms with E-state index in [9.17, 15) is 0 Å². The lowest BCUT2D eigenvalue weighted by Crippen LogP contribution is -2.43. The van der Waals surface area contributed by atoms with Gasteiger partial charge in [0.15, 0.2) is 5.96 Å². The topological polar surface area (TPSA) is 39.7 Å². The number of rotatable bonds is 5. The molecule has 0 radical (unpaired) electrons. The van der Waals surface area contributed by atoms with Crippen LogP contribution in [-0.2, 0) is 6.54 Å². The monoisotopic (exact) mass is 288 g/mol. The molecule has 1 fully saturated rings. The molecule has 1 aromatic carbocycles. The summed E-state index contributed by atoms with van der Waals surface area (Å²) in [5.74, 6) is 1.65. The molecule has 0 bridgehead atoms. The molecule has 0 spiro atoms. The van der Waals surface area contributed by atoms with E-state index in [1.807, 2.05) is 6.07 Å². The molecule has 21 heavy (non-hydrogen) atoms. The molecule has 1 aromatic rings. The third-order valence-corrected chi connectivity index (χ3v) is 3.89. The molecule has 1 saturated heterocycles. The van der Waals surface area contributed by atoms with Crippen LogP contribution in [-0.4, -0.2) is 44.1 Å². The second-order valence-electron chi connectivity index (χ2n) is 5.83. The van der Waals surface area contributed by atoms with E-state index in [1.54, 1.807) is 0 Å². The van der Waals surface area contributed by atoms with E-state index >= 15 is 0 Å². The van der Waals surface area contributed by atoms with Crippen LogP contribution in [0.4, 0.5) is 0 Å². The van der Waals surface area contributed by atoms with Crippen LogP contribution in [0, 0.1) is 5.92 Å². The van der Waals surface area contributed by atoms with Crippen LogP contribution < -0.4 is 10.6 Å². The highest BCUT2D eigenvalue weighted by atomic mass is 15.2. The Morgan fingerprint density at radius 3 is 2.81 bits per heavy atom. The van der Waals surface area contributed by atoms with E-state index in [0.717, 1.165) is 31.5 Å². The minimum absolute atomic E-state index is 0.723. The summed E-state index contributed by atoms with van der Waals surface area (Å²) in [7, 11) is 2.21. The number of likely N-dealkylation sites (tertiary alicyclic amines) is 1. The SMILES string of the molecule is CCNC(=NCc1ccccc1)NCC1CCCN(C)C1. The molecule has 4 nitrogen and oxygen atoms in total. The fourth-order valence-electron chi connectivity index (χ4n) is 2.78. The predicted molar refractivity (Wildman–Crippen MR) is 89.5 cm³/mol. The second kappa shape index (κ2) is 8.67. The Morgan fingerprint density at radius 1 is 1.29 bits per heavy atom. The van der Waals surface area contributed by atoms with Gasteiger partial charge in [-0.2, -0.15) is 0 Å². The Labute approximate surface area is 128 Å². The number of nitrogens with zero attached hydrogens (tertiary/aromatic N) is 2. The highest BCUT2D eigenvalue weighted by Gasteiger charge is 2.17. The highest BCUT2D eigenvalue weighted by molar-refractivity contribution is 5.79. The number of hydrogen-bond acceptors (Lipinski definition) is 2. The molecule has 4 heteroatoms. The van der Waals surface area contributed by atoms with Crippen LogP contribution >= 0.6 is 0 Å². The van der Waals surface area contributed by atoms with Crippen molar-refractivity contribution in [3.63, 3.8) is 0 Å². The summed E-state index contributed by atoms with van der Waals surface area (Å²) in [4.78, 5) is 7.09. The number of hydrogen-bond donors (Lipinski definition) is 2. The van der Waals surface area contributed by atoms with Gasteiger partial charge in [0.25, 0.3) is 0 Å². The van der Waals surface area contributed by atoms with Gasteiger partial charge in [0.2, 0.25) is 0 Å². The molecule has 116 valence electrons. The van der Waals surface area contributed by atoms with Crippen molar-refractivity contribution >= 4 is 5.96 Å². The number of aliphatic imine (C=N–C) groups is 1. The first-order chi connectivity index (χ1) is 10.3. The van der Waals surface area contributed by atoms with Gasteiger partial charge in [-0.1, -0.05) is 30.3 Å². The van der Waals surface area contributed by atoms with Gasteiger partial charge in [-0.25, -0.2) is 4.99 Å². The molecule has 2 rings (SSSR count). The predicted octanol–water partition coefficient (Wildman–Crippen LogP) is 2.08. The Balaban J connectivity index is 1.83. The molecule has 2 N–H and O–H groups in total. The van der Waals surface area contributed by atoms with Crippen LogP contribution in [0.25, 0.3) is 0 Å². The van der Waals surface area contributed by atoms with Gasteiger partial charge >= 0.3 is 0 Å². The molecule has 0 aromatic heterocycles. The van der Waals surface area contributed by atoms with Gasteiger partial charge in [-0.15, -0.1) is 0 Å². The van der Waals surface area contributed by atoms with Crippen molar-refractivity contribution in [3.8, 4) is 0 Å². The zero-order valence-corrected chi connectivity index (χ0v) is 13.3. The van der Waals surface area contributed by atoms with Crippen molar-refractivity contribution in [1.29, 1.82) is 0 Å². The first-order valence-corrected chi connectivity index (χ1v) is 8.02. The lowest BCUT2D eigenvalue weighted by Gasteiger charge is -2.30. The van der Waals surface area contributed by atoms with E-state index in [2.05, 4.69) is 58.8 Å². The Bertz CT molecular complexity index is 430. The van der Waals surface area contributed by atoms with Crippen molar-refractivity contribution < 1.29 is 0 Å². The van der Waals surface area contributed by atoms with Crippen LogP contribution in [0.2, 0.25) is 0 Å². The zero-order valence-electron chi connectivity index (χ0n) is 13.3. The summed E-state index contributed by atoms with van der Waals surface area (Å²) in [5, 5.41) is 6.82. The van der Waals surface area contributed by atoms with Crippen LogP contribution in [0.3, 0.4) is 0 Å². The van der Waals surface area contributed by atoms with Gasteiger partial charge in [0.1, 0.15) is 0 Å². The molecule has 0 aliphatic carbocycles. The average Bonchev–Trinajstić information content (AvgIpc) is 2.51. The Morgan fingerprint density at radius 2 is 2.10 bits per heavy atom. The molecule has 0 amide bonds. The van der Waals surface area contributed by atoms with Crippen LogP contribution in [0.15, 0.2) is 35.3 Å². The first-order valence-electron chi connectivity index (χ1n) is 8.02. The minimum Gasteiger partial charge on any atom is -0.357 e. The summed E-state index contributed by atoms with van der Waals surface area (Å²) in [6, 6.07) is 10.4. The summed E-state index contributed by atoms with van der Waals surface area (Å²) in [6.07, 6.45) is 2.62. The van der Waals surface area contributed by atoms with Crippen molar-refractivity contribution in [2.24, 2.45) is 10.9 Å². The highest BCUT2D eigenvalue weighted by Crippen LogP contribution is 2.13. The van der Waals surface area contributed by atoms with E-state index in [0.29, 0.717) is 0 Å². The third kappa shape index (κ3) is 5.76. The number of benzene rings is 1. The smallest absolute Gasteiger partial charge is 0.191 e. The van der Waals surface area contributed by atoms with Crippen molar-refractivity contribution in [2.45, 2.75) is 26.3 Å². The van der Waals surface area contributed by atoms with E-state index in [1.165, 1.54) is 31.5 Å². The van der Waals surface area contributed by atoms with Gasteiger partial charge in [0, 0.05) is 19.6 Å². The lowest BCUT2D eigenvalue weighted by atomic mass is 9.99. The molecule has 1 heterocycles. The molecule has 1 aliphatic heterocycles. The first kappa shape index (κ1) is 15.8. The molecular weight excluding hydrogens is 260 g/mol. The number of piperidine rings is 1. The normalized spacial score (nSPS) is 20.3. The maximum atomic E-state index is 4.67. The summed E-state index contributed by atoms with van der Waals surface area (Å²) >= 11 is 0. The van der Waals surface area contributed by atoms with Gasteiger partial charge < -0.3 is 15.5 Å². The Hall–Kier alpha value is -1.55. The Kier molecular flexibility index (Phi) is 6.54. The van der Waals surface area contributed by atoms with E-state index in [4.69, 9.17) is 0 Å². The third-order valence-electron chi connectivity index (χ3n) is 3.89. The van der Waals surface area contributed by atoms with Gasteiger partial charge in [-0.05, 0) is 44.8 Å². The van der Waals surface area contributed by atoms with E-state index in [-0.39, 0.29) is 0 Å². The number of guanidine groups is 1. The van der Waals surface area contributed by atoms with E-state index < -0.39 is 0 Å². The fraction of sp³-hybridized carbons (Fsp3) is 0.588. The molecule has 1 aliphatic rings. The average molecular weight is 288 g/mol. The summed E-state index contributed by atoms with van der Waals surface area (Å²) < 4.78 is 0. The van der Waals surface area contributed by atoms with Gasteiger partial charge in [0.05, 0.1) is 6.54 Å². The molecular formula is C17H28N4. The lowest BCUT2D eigenvalue weighted by molar-refractivity contribution is 0.210. The summed E-state index contributed by atoms with van der Waals surface area (Å²) in [6.45, 7) is 7.15. The quantitative estimate of drug-likeness (QED) is 0.644. The number of nitrogens with one attached hydrogen (secondary N) is 2. The van der Waals surface area contributed by atoms with Crippen molar-refractivity contribution in [3.05, 3.63) is 35.9 Å². The molecule has 1 atom stereocenters. The van der Waals surface area contributed by atoms with Gasteiger partial charge in [-0.3, -0.25) is 0 Å². The fourth-order valence-corrected chi connectivity index (χ4v) is 2.78. The molecule has 1 unspecified atom stereocenters. The van der Waals surface area contributed by atoms with Crippen LogP contribution in [0.5, 0.6) is 0 Å². The van der Waals surface area contributed by atoms with Crippen molar-refractivity contribution in [1.82, 2.24) is 15.5 Å². The standard InChI is InChI=1S/C17H28N4/c1-3-18-17(19-12-15-8-5-4-6-9-15)20-13-16-10-7-11-21(2)14-16/h4-6,8-9,16H,3,7,10-14H2,1-2H3,(H2,18,19,20). The summed E-state index contributed by atoms with van der Waals surface area (Å²) in [5.41, 5.74) is 1.24. The van der Waals surface area contributed by atoms with Crippen LogP contribution in [0.1, 0.15) is 25.3 Å². The second-order valence-corrected chi connectivity index (χ2v) is 5.83. The molecule has 0 saturated carbocycles.